The quantitative estimate of drug-likeness (QED) is 0.790. The van der Waals surface area contributed by atoms with Crippen LogP contribution in [0.15, 0.2) is 42.5 Å². The van der Waals surface area contributed by atoms with Crippen LogP contribution in [0.5, 0.6) is 11.5 Å². The molecule has 5 heteroatoms. The van der Waals surface area contributed by atoms with Gasteiger partial charge in [0.2, 0.25) is 5.91 Å². The van der Waals surface area contributed by atoms with E-state index in [0.717, 1.165) is 11.3 Å². The van der Waals surface area contributed by atoms with Crippen LogP contribution in [0.4, 0.5) is 11.4 Å². The highest BCUT2D eigenvalue weighted by molar-refractivity contribution is 5.89. The molecule has 0 aliphatic carbocycles. The van der Waals surface area contributed by atoms with E-state index in [9.17, 15) is 9.90 Å². The molecule has 0 aliphatic heterocycles. The van der Waals surface area contributed by atoms with Gasteiger partial charge in [0.25, 0.3) is 0 Å². The molecule has 2 aromatic carbocycles. The number of carbonyl (C=O) groups is 1. The number of hydrogen-bond donors (Lipinski definition) is 3. The number of benzene rings is 2. The zero-order chi connectivity index (χ0) is 16.1. The third-order valence-corrected chi connectivity index (χ3v) is 3.26. The highest BCUT2D eigenvalue weighted by atomic mass is 16.5. The molecule has 0 saturated heterocycles. The van der Waals surface area contributed by atoms with E-state index in [2.05, 4.69) is 10.6 Å². The standard InChI is InChI=1S/C17H20N2O3/c1-11(13-5-4-6-15(21)9-13)18-16-8-7-14(19-12(2)20)10-17(16)22-3/h4-11,18,21H,1-3H3,(H,19,20)/t11-/m1/s1. The van der Waals surface area contributed by atoms with Crippen molar-refractivity contribution in [3.05, 3.63) is 48.0 Å². The summed E-state index contributed by atoms with van der Waals surface area (Å²) in [6.07, 6.45) is 0. The second kappa shape index (κ2) is 6.85. The number of aromatic hydroxyl groups is 1. The molecule has 0 heterocycles. The van der Waals surface area contributed by atoms with E-state index in [1.807, 2.05) is 19.1 Å². The molecule has 0 saturated carbocycles. The van der Waals surface area contributed by atoms with Crippen LogP contribution in [0.3, 0.4) is 0 Å². The Morgan fingerprint density at radius 2 is 2.00 bits per heavy atom. The molecule has 0 fully saturated rings. The van der Waals surface area contributed by atoms with Crippen LogP contribution < -0.4 is 15.4 Å². The van der Waals surface area contributed by atoms with Crippen LogP contribution >= 0.6 is 0 Å². The normalized spacial score (nSPS) is 11.6. The van der Waals surface area contributed by atoms with E-state index in [4.69, 9.17) is 4.74 Å². The first-order valence-corrected chi connectivity index (χ1v) is 7.00. The Morgan fingerprint density at radius 1 is 1.23 bits per heavy atom. The van der Waals surface area contributed by atoms with Gasteiger partial charge < -0.3 is 20.5 Å². The summed E-state index contributed by atoms with van der Waals surface area (Å²) < 4.78 is 5.36. The summed E-state index contributed by atoms with van der Waals surface area (Å²) in [5, 5.41) is 15.6. The van der Waals surface area contributed by atoms with Gasteiger partial charge in [-0.3, -0.25) is 4.79 Å². The van der Waals surface area contributed by atoms with Crippen molar-refractivity contribution in [3.63, 3.8) is 0 Å². The molecule has 5 nitrogen and oxygen atoms in total. The number of ether oxygens (including phenoxy) is 1. The minimum Gasteiger partial charge on any atom is -0.508 e. The maximum absolute atomic E-state index is 11.1. The molecular weight excluding hydrogens is 280 g/mol. The van der Waals surface area contributed by atoms with Crippen LogP contribution in [0.25, 0.3) is 0 Å². The number of anilines is 2. The molecular formula is C17H20N2O3. The summed E-state index contributed by atoms with van der Waals surface area (Å²) in [7, 11) is 1.58. The topological polar surface area (TPSA) is 70.6 Å². The van der Waals surface area contributed by atoms with E-state index in [1.54, 1.807) is 37.4 Å². The third-order valence-electron chi connectivity index (χ3n) is 3.26. The predicted octanol–water partition coefficient (Wildman–Crippen LogP) is 3.53. The second-order valence-electron chi connectivity index (χ2n) is 5.06. The van der Waals surface area contributed by atoms with Crippen molar-refractivity contribution in [2.24, 2.45) is 0 Å². The fraction of sp³-hybridized carbons (Fsp3) is 0.235. The molecule has 116 valence electrons. The van der Waals surface area contributed by atoms with Gasteiger partial charge in [-0.15, -0.1) is 0 Å². The molecule has 0 radical (unpaired) electrons. The van der Waals surface area contributed by atoms with Gasteiger partial charge in [-0.1, -0.05) is 12.1 Å². The van der Waals surface area contributed by atoms with E-state index in [1.165, 1.54) is 6.92 Å². The molecule has 0 spiro atoms. The lowest BCUT2D eigenvalue weighted by Crippen LogP contribution is -2.09. The van der Waals surface area contributed by atoms with Crippen LogP contribution in [0.2, 0.25) is 0 Å². The number of phenolic OH excluding ortho intramolecular Hbond substituents is 1. The van der Waals surface area contributed by atoms with Gasteiger partial charge in [-0.05, 0) is 36.8 Å². The lowest BCUT2D eigenvalue weighted by atomic mass is 10.1. The molecule has 2 rings (SSSR count). The Labute approximate surface area is 129 Å². The molecule has 0 aromatic heterocycles. The summed E-state index contributed by atoms with van der Waals surface area (Å²) >= 11 is 0. The monoisotopic (exact) mass is 300 g/mol. The number of carbonyl (C=O) groups excluding carboxylic acids is 1. The van der Waals surface area contributed by atoms with Gasteiger partial charge >= 0.3 is 0 Å². The first kappa shape index (κ1) is 15.7. The highest BCUT2D eigenvalue weighted by Gasteiger charge is 2.10. The Hall–Kier alpha value is -2.69. The molecule has 2 aromatic rings. The van der Waals surface area contributed by atoms with Gasteiger partial charge in [0.15, 0.2) is 0 Å². The summed E-state index contributed by atoms with van der Waals surface area (Å²) in [5.41, 5.74) is 2.46. The maximum atomic E-state index is 11.1. The fourth-order valence-electron chi connectivity index (χ4n) is 2.20. The SMILES string of the molecule is COc1cc(NC(C)=O)ccc1N[C@H](C)c1cccc(O)c1. The van der Waals surface area contributed by atoms with Crippen molar-refractivity contribution in [2.75, 3.05) is 17.7 Å². The fourth-order valence-corrected chi connectivity index (χ4v) is 2.20. The summed E-state index contributed by atoms with van der Waals surface area (Å²) in [4.78, 5) is 11.1. The number of rotatable bonds is 5. The first-order chi connectivity index (χ1) is 10.5. The van der Waals surface area contributed by atoms with Crippen molar-refractivity contribution in [1.82, 2.24) is 0 Å². The molecule has 0 unspecified atom stereocenters. The average Bonchev–Trinajstić information content (AvgIpc) is 2.48. The second-order valence-corrected chi connectivity index (χ2v) is 5.06. The van der Waals surface area contributed by atoms with Crippen LogP contribution in [0, 0.1) is 0 Å². The smallest absolute Gasteiger partial charge is 0.221 e. The molecule has 1 amide bonds. The Morgan fingerprint density at radius 3 is 2.64 bits per heavy atom. The zero-order valence-corrected chi connectivity index (χ0v) is 12.9. The maximum Gasteiger partial charge on any atom is 0.221 e. The molecule has 0 bridgehead atoms. The van der Waals surface area contributed by atoms with Gasteiger partial charge in [0.05, 0.1) is 12.8 Å². The Kier molecular flexibility index (Phi) is 4.88. The highest BCUT2D eigenvalue weighted by Crippen LogP contribution is 2.31. The number of nitrogens with one attached hydrogen (secondary N) is 2. The third kappa shape index (κ3) is 3.91. The van der Waals surface area contributed by atoms with Crippen molar-refractivity contribution in [1.29, 1.82) is 0 Å². The minimum atomic E-state index is -0.129. The Balaban J connectivity index is 2.19. The molecule has 0 aliphatic rings. The summed E-state index contributed by atoms with van der Waals surface area (Å²) in [6, 6.07) is 12.5. The molecule has 3 N–H and O–H groups in total. The van der Waals surface area contributed by atoms with Crippen molar-refractivity contribution in [3.8, 4) is 11.5 Å². The predicted molar refractivity (Wildman–Crippen MR) is 87.4 cm³/mol. The van der Waals surface area contributed by atoms with Crippen LogP contribution in [-0.2, 0) is 4.79 Å². The molecule has 1 atom stereocenters. The van der Waals surface area contributed by atoms with Crippen molar-refractivity contribution in [2.45, 2.75) is 19.9 Å². The summed E-state index contributed by atoms with van der Waals surface area (Å²) in [5.74, 6) is 0.744. The van der Waals surface area contributed by atoms with Crippen molar-refractivity contribution < 1.29 is 14.6 Å². The number of amides is 1. The minimum absolute atomic E-state index is 0.00684. The number of hydrogen-bond acceptors (Lipinski definition) is 4. The van der Waals surface area contributed by atoms with Gasteiger partial charge in [-0.2, -0.15) is 0 Å². The number of methoxy groups -OCH3 is 1. The van der Waals surface area contributed by atoms with Gasteiger partial charge in [0.1, 0.15) is 11.5 Å². The van der Waals surface area contributed by atoms with E-state index >= 15 is 0 Å². The lowest BCUT2D eigenvalue weighted by Gasteiger charge is -2.19. The van der Waals surface area contributed by atoms with Crippen LogP contribution in [0.1, 0.15) is 25.5 Å². The lowest BCUT2D eigenvalue weighted by molar-refractivity contribution is -0.114. The van der Waals surface area contributed by atoms with E-state index in [-0.39, 0.29) is 17.7 Å². The van der Waals surface area contributed by atoms with Crippen LogP contribution in [-0.4, -0.2) is 18.1 Å². The zero-order valence-electron chi connectivity index (χ0n) is 12.9. The first-order valence-electron chi connectivity index (χ1n) is 7.00. The van der Waals surface area contributed by atoms with Gasteiger partial charge in [-0.25, -0.2) is 0 Å². The number of phenols is 1. The van der Waals surface area contributed by atoms with Crippen molar-refractivity contribution >= 4 is 17.3 Å². The molecule has 22 heavy (non-hydrogen) atoms. The van der Waals surface area contributed by atoms with E-state index < -0.39 is 0 Å². The van der Waals surface area contributed by atoms with E-state index in [0.29, 0.717) is 11.4 Å². The van der Waals surface area contributed by atoms with Gasteiger partial charge in [0, 0.05) is 24.7 Å². The summed E-state index contributed by atoms with van der Waals surface area (Å²) in [6.45, 7) is 3.46. The largest absolute Gasteiger partial charge is 0.508 e. The Bertz CT molecular complexity index is 671. The average molecular weight is 300 g/mol.